The SMILES string of the molecule is CNCCCNCc1cc(C)cc(Cl)c1. The quantitative estimate of drug-likeness (QED) is 0.728. The third-order valence-electron chi connectivity index (χ3n) is 2.21. The largest absolute Gasteiger partial charge is 0.320 e. The van der Waals surface area contributed by atoms with Gasteiger partial charge in [0.25, 0.3) is 0 Å². The Morgan fingerprint density at radius 3 is 2.67 bits per heavy atom. The monoisotopic (exact) mass is 226 g/mol. The van der Waals surface area contributed by atoms with Gasteiger partial charge in [0.2, 0.25) is 0 Å². The molecule has 0 aliphatic rings. The number of aryl methyl sites for hydroxylation is 1. The lowest BCUT2D eigenvalue weighted by molar-refractivity contribution is 0.625. The zero-order valence-corrected chi connectivity index (χ0v) is 10.2. The highest BCUT2D eigenvalue weighted by Gasteiger charge is 1.96. The van der Waals surface area contributed by atoms with E-state index in [1.165, 1.54) is 11.1 Å². The molecule has 0 saturated heterocycles. The van der Waals surface area contributed by atoms with E-state index in [9.17, 15) is 0 Å². The summed E-state index contributed by atoms with van der Waals surface area (Å²) in [7, 11) is 1.97. The summed E-state index contributed by atoms with van der Waals surface area (Å²) in [5.74, 6) is 0. The van der Waals surface area contributed by atoms with Crippen LogP contribution in [-0.4, -0.2) is 20.1 Å². The molecular weight excluding hydrogens is 208 g/mol. The lowest BCUT2D eigenvalue weighted by Gasteiger charge is -2.06. The first-order chi connectivity index (χ1) is 7.22. The van der Waals surface area contributed by atoms with E-state index in [2.05, 4.69) is 23.6 Å². The van der Waals surface area contributed by atoms with Crippen molar-refractivity contribution in [3.8, 4) is 0 Å². The van der Waals surface area contributed by atoms with E-state index in [1.807, 2.05) is 19.2 Å². The van der Waals surface area contributed by atoms with E-state index >= 15 is 0 Å². The van der Waals surface area contributed by atoms with Gasteiger partial charge in [-0.05, 0) is 56.7 Å². The second kappa shape index (κ2) is 6.83. The van der Waals surface area contributed by atoms with Crippen LogP contribution in [0.25, 0.3) is 0 Å². The Balaban J connectivity index is 2.31. The standard InChI is InChI=1S/C12H19ClN2/c1-10-6-11(8-12(13)7-10)9-15-5-3-4-14-2/h6-8,14-15H,3-5,9H2,1-2H3. The van der Waals surface area contributed by atoms with Gasteiger partial charge in [0.1, 0.15) is 0 Å². The molecule has 84 valence electrons. The van der Waals surface area contributed by atoms with Crippen molar-refractivity contribution in [1.29, 1.82) is 0 Å². The molecule has 1 aromatic rings. The molecule has 0 aromatic heterocycles. The van der Waals surface area contributed by atoms with Crippen LogP contribution in [0.3, 0.4) is 0 Å². The predicted molar refractivity (Wildman–Crippen MR) is 66.4 cm³/mol. The van der Waals surface area contributed by atoms with E-state index in [1.54, 1.807) is 0 Å². The summed E-state index contributed by atoms with van der Waals surface area (Å²) in [5.41, 5.74) is 2.47. The van der Waals surface area contributed by atoms with Gasteiger partial charge < -0.3 is 10.6 Å². The molecular formula is C12H19ClN2. The number of hydrogen-bond acceptors (Lipinski definition) is 2. The Morgan fingerprint density at radius 1 is 1.20 bits per heavy atom. The molecule has 0 aliphatic carbocycles. The molecule has 0 atom stereocenters. The van der Waals surface area contributed by atoms with Gasteiger partial charge in [-0.2, -0.15) is 0 Å². The second-order valence-electron chi connectivity index (χ2n) is 3.77. The summed E-state index contributed by atoms with van der Waals surface area (Å²) < 4.78 is 0. The fourth-order valence-electron chi connectivity index (χ4n) is 1.54. The van der Waals surface area contributed by atoms with E-state index in [4.69, 9.17) is 11.6 Å². The molecule has 1 aromatic carbocycles. The van der Waals surface area contributed by atoms with Gasteiger partial charge >= 0.3 is 0 Å². The van der Waals surface area contributed by atoms with Crippen LogP contribution in [0.15, 0.2) is 18.2 Å². The van der Waals surface area contributed by atoms with Crippen LogP contribution in [-0.2, 0) is 6.54 Å². The van der Waals surface area contributed by atoms with Crippen molar-refractivity contribution in [1.82, 2.24) is 10.6 Å². The van der Waals surface area contributed by atoms with Crippen LogP contribution in [0.5, 0.6) is 0 Å². The van der Waals surface area contributed by atoms with Gasteiger partial charge in [0, 0.05) is 11.6 Å². The first kappa shape index (κ1) is 12.5. The van der Waals surface area contributed by atoms with Gasteiger partial charge in [0.05, 0.1) is 0 Å². The van der Waals surface area contributed by atoms with Crippen LogP contribution < -0.4 is 10.6 Å². The molecule has 0 heterocycles. The average molecular weight is 227 g/mol. The first-order valence-corrected chi connectivity index (χ1v) is 5.71. The van der Waals surface area contributed by atoms with Crippen LogP contribution in [0.2, 0.25) is 5.02 Å². The molecule has 2 nitrogen and oxygen atoms in total. The summed E-state index contributed by atoms with van der Waals surface area (Å²) in [6, 6.07) is 6.16. The fourth-order valence-corrected chi connectivity index (χ4v) is 1.85. The third-order valence-corrected chi connectivity index (χ3v) is 2.43. The molecule has 0 unspecified atom stereocenters. The summed E-state index contributed by atoms with van der Waals surface area (Å²) in [5, 5.41) is 7.34. The molecule has 0 bridgehead atoms. The maximum Gasteiger partial charge on any atom is 0.0411 e. The average Bonchev–Trinajstić information content (AvgIpc) is 2.16. The van der Waals surface area contributed by atoms with E-state index < -0.39 is 0 Å². The molecule has 0 aliphatic heterocycles. The topological polar surface area (TPSA) is 24.1 Å². The minimum Gasteiger partial charge on any atom is -0.320 e. The minimum absolute atomic E-state index is 0.821. The lowest BCUT2D eigenvalue weighted by atomic mass is 10.1. The predicted octanol–water partition coefficient (Wildman–Crippen LogP) is 2.35. The van der Waals surface area contributed by atoms with Crippen molar-refractivity contribution in [3.63, 3.8) is 0 Å². The van der Waals surface area contributed by atoms with Crippen LogP contribution in [0.4, 0.5) is 0 Å². The van der Waals surface area contributed by atoms with Gasteiger partial charge in [0.15, 0.2) is 0 Å². The zero-order chi connectivity index (χ0) is 11.1. The van der Waals surface area contributed by atoms with E-state index in [0.717, 1.165) is 31.1 Å². The zero-order valence-electron chi connectivity index (χ0n) is 9.44. The lowest BCUT2D eigenvalue weighted by Crippen LogP contribution is -2.19. The second-order valence-corrected chi connectivity index (χ2v) is 4.21. The molecule has 0 saturated carbocycles. The molecule has 1 rings (SSSR count). The van der Waals surface area contributed by atoms with Crippen molar-refractivity contribution >= 4 is 11.6 Å². The van der Waals surface area contributed by atoms with Crippen molar-refractivity contribution in [2.75, 3.05) is 20.1 Å². The van der Waals surface area contributed by atoms with Crippen LogP contribution >= 0.6 is 11.6 Å². The number of rotatable bonds is 6. The molecule has 0 amide bonds. The molecule has 2 N–H and O–H groups in total. The Labute approximate surface area is 97.0 Å². The normalized spacial score (nSPS) is 10.6. The number of halogens is 1. The number of nitrogens with one attached hydrogen (secondary N) is 2. The Morgan fingerprint density at radius 2 is 2.00 bits per heavy atom. The molecule has 0 radical (unpaired) electrons. The van der Waals surface area contributed by atoms with Crippen molar-refractivity contribution in [3.05, 3.63) is 34.3 Å². The molecule has 3 heteroatoms. The molecule has 15 heavy (non-hydrogen) atoms. The van der Waals surface area contributed by atoms with Gasteiger partial charge in [-0.1, -0.05) is 17.7 Å². The van der Waals surface area contributed by atoms with Crippen LogP contribution in [0, 0.1) is 6.92 Å². The van der Waals surface area contributed by atoms with Gasteiger partial charge in [-0.25, -0.2) is 0 Å². The summed E-state index contributed by atoms with van der Waals surface area (Å²) in [4.78, 5) is 0. The first-order valence-electron chi connectivity index (χ1n) is 5.34. The van der Waals surface area contributed by atoms with Crippen molar-refractivity contribution in [2.45, 2.75) is 19.9 Å². The smallest absolute Gasteiger partial charge is 0.0411 e. The Kier molecular flexibility index (Phi) is 5.69. The fraction of sp³-hybridized carbons (Fsp3) is 0.500. The molecule has 0 fully saturated rings. The summed E-state index contributed by atoms with van der Waals surface area (Å²) in [6.07, 6.45) is 1.15. The maximum absolute atomic E-state index is 5.97. The number of benzene rings is 1. The molecule has 0 spiro atoms. The highest BCUT2D eigenvalue weighted by atomic mass is 35.5. The van der Waals surface area contributed by atoms with Crippen LogP contribution in [0.1, 0.15) is 17.5 Å². The third kappa shape index (κ3) is 5.17. The van der Waals surface area contributed by atoms with E-state index in [-0.39, 0.29) is 0 Å². The summed E-state index contributed by atoms with van der Waals surface area (Å²) >= 11 is 5.97. The Hall–Kier alpha value is -0.570. The van der Waals surface area contributed by atoms with Gasteiger partial charge in [-0.15, -0.1) is 0 Å². The minimum atomic E-state index is 0.821. The maximum atomic E-state index is 5.97. The number of hydrogen-bond donors (Lipinski definition) is 2. The van der Waals surface area contributed by atoms with E-state index in [0.29, 0.717) is 0 Å². The van der Waals surface area contributed by atoms with Gasteiger partial charge in [-0.3, -0.25) is 0 Å². The Bertz CT molecular complexity index is 279. The van der Waals surface area contributed by atoms with Crippen molar-refractivity contribution < 1.29 is 0 Å². The highest BCUT2D eigenvalue weighted by molar-refractivity contribution is 6.30. The summed E-state index contributed by atoms with van der Waals surface area (Å²) in [6.45, 7) is 5.05. The highest BCUT2D eigenvalue weighted by Crippen LogP contribution is 2.14. The van der Waals surface area contributed by atoms with Crippen molar-refractivity contribution in [2.24, 2.45) is 0 Å².